The summed E-state index contributed by atoms with van der Waals surface area (Å²) in [5, 5.41) is 0.00205. The molecule has 0 aliphatic rings. The molecule has 0 radical (unpaired) electrons. The SMILES string of the molecule is CC(C)(C)[S@+]([O-])N[C@@H](CO[Si](C)(C)C(C)(C)C)c1ccc(F)cc1F. The molecule has 0 fully saturated rings. The Morgan fingerprint density at radius 1 is 1.16 bits per heavy atom. The van der Waals surface area contributed by atoms with Crippen LogP contribution in [0.5, 0.6) is 0 Å². The van der Waals surface area contributed by atoms with Crippen molar-refractivity contribution in [1.29, 1.82) is 0 Å². The van der Waals surface area contributed by atoms with Crippen molar-refractivity contribution < 1.29 is 17.8 Å². The Morgan fingerprint density at radius 3 is 2.16 bits per heavy atom. The number of hydrogen-bond acceptors (Lipinski definition) is 3. The molecule has 0 heterocycles. The van der Waals surface area contributed by atoms with Gasteiger partial charge in [-0.15, -0.1) is 4.72 Å². The summed E-state index contributed by atoms with van der Waals surface area (Å²) >= 11 is -1.41. The lowest BCUT2D eigenvalue weighted by atomic mass is 10.1. The van der Waals surface area contributed by atoms with Crippen molar-refractivity contribution in [3.8, 4) is 0 Å². The lowest BCUT2D eigenvalue weighted by molar-refractivity contribution is 0.253. The molecule has 0 unspecified atom stereocenters. The lowest BCUT2D eigenvalue weighted by Gasteiger charge is -2.37. The van der Waals surface area contributed by atoms with E-state index in [-0.39, 0.29) is 17.2 Å². The van der Waals surface area contributed by atoms with E-state index in [0.717, 1.165) is 6.07 Å². The summed E-state index contributed by atoms with van der Waals surface area (Å²) in [4.78, 5) is 0. The molecule has 0 saturated heterocycles. The summed E-state index contributed by atoms with van der Waals surface area (Å²) in [6.07, 6.45) is 0. The third-order valence-electron chi connectivity index (χ3n) is 4.56. The molecule has 7 heteroatoms. The zero-order valence-corrected chi connectivity index (χ0v) is 18.3. The molecule has 144 valence electrons. The van der Waals surface area contributed by atoms with Crippen molar-refractivity contribution >= 4 is 19.7 Å². The first-order valence-electron chi connectivity index (χ1n) is 8.42. The Kier molecular flexibility index (Phi) is 7.26. The fourth-order valence-corrected chi connectivity index (χ4v) is 3.61. The summed E-state index contributed by atoms with van der Waals surface area (Å²) in [5.41, 5.74) is 0.262. The number of benzene rings is 1. The summed E-state index contributed by atoms with van der Waals surface area (Å²) in [6.45, 7) is 16.3. The van der Waals surface area contributed by atoms with Crippen LogP contribution in [0.25, 0.3) is 0 Å². The first kappa shape index (κ1) is 22.6. The van der Waals surface area contributed by atoms with Gasteiger partial charge in [-0.25, -0.2) is 8.78 Å². The van der Waals surface area contributed by atoms with Gasteiger partial charge in [-0.3, -0.25) is 0 Å². The van der Waals surface area contributed by atoms with Crippen LogP contribution in [-0.4, -0.2) is 24.2 Å². The summed E-state index contributed by atoms with van der Waals surface area (Å²) in [6, 6.07) is 2.82. The van der Waals surface area contributed by atoms with Crippen LogP contribution in [-0.2, 0) is 15.8 Å². The van der Waals surface area contributed by atoms with E-state index in [2.05, 4.69) is 38.6 Å². The van der Waals surface area contributed by atoms with Crippen molar-refractivity contribution in [2.24, 2.45) is 0 Å². The smallest absolute Gasteiger partial charge is 0.192 e. The molecule has 0 spiro atoms. The van der Waals surface area contributed by atoms with E-state index in [4.69, 9.17) is 4.43 Å². The second kappa shape index (κ2) is 8.04. The zero-order chi connectivity index (χ0) is 19.6. The van der Waals surface area contributed by atoms with E-state index in [1.165, 1.54) is 12.1 Å². The Morgan fingerprint density at radius 2 is 1.72 bits per heavy atom. The molecule has 2 atom stereocenters. The molecule has 0 aliphatic carbocycles. The molecular weight excluding hydrogens is 360 g/mol. The molecule has 1 aromatic carbocycles. The van der Waals surface area contributed by atoms with E-state index < -0.39 is 42.1 Å². The molecule has 1 rings (SSSR count). The molecule has 0 bridgehead atoms. The van der Waals surface area contributed by atoms with Gasteiger partial charge in [0.25, 0.3) is 0 Å². The number of hydrogen-bond donors (Lipinski definition) is 1. The molecule has 1 aromatic rings. The second-order valence-electron chi connectivity index (χ2n) is 8.79. The van der Waals surface area contributed by atoms with Crippen LogP contribution < -0.4 is 4.72 Å². The average Bonchev–Trinajstić information content (AvgIpc) is 2.41. The quantitative estimate of drug-likeness (QED) is 0.543. The fourth-order valence-electron chi connectivity index (χ4n) is 1.79. The Labute approximate surface area is 155 Å². The topological polar surface area (TPSA) is 44.3 Å². The standard InChI is InChI=1S/C18H31F2NO2SSi/c1-17(2,3)24(22)21-16(12-23-25(7,8)18(4,5)6)14-10-9-13(19)11-15(14)20/h9-11,16,21H,12H2,1-8H3/t16-,24-/m0/s1. The van der Waals surface area contributed by atoms with E-state index in [1.807, 2.05) is 20.8 Å². The van der Waals surface area contributed by atoms with Crippen LogP contribution in [0.2, 0.25) is 18.1 Å². The predicted octanol–water partition coefficient (Wildman–Crippen LogP) is 5.08. The summed E-state index contributed by atoms with van der Waals surface area (Å²) in [7, 11) is -2.06. The van der Waals surface area contributed by atoms with E-state index >= 15 is 0 Å². The minimum atomic E-state index is -2.06. The third kappa shape index (κ3) is 6.32. The normalized spacial score (nSPS) is 16.0. The van der Waals surface area contributed by atoms with E-state index in [1.54, 1.807) is 0 Å². The fraction of sp³-hybridized carbons (Fsp3) is 0.667. The maximum absolute atomic E-state index is 14.3. The van der Waals surface area contributed by atoms with Gasteiger partial charge in [-0.05, 0) is 45.0 Å². The highest BCUT2D eigenvalue weighted by molar-refractivity contribution is 7.90. The van der Waals surface area contributed by atoms with Crippen LogP contribution in [0.4, 0.5) is 8.78 Å². The Balaban J connectivity index is 3.07. The number of nitrogens with one attached hydrogen (secondary N) is 1. The minimum Gasteiger partial charge on any atom is -0.598 e. The van der Waals surface area contributed by atoms with Crippen molar-refractivity contribution in [1.82, 2.24) is 4.72 Å². The summed E-state index contributed by atoms with van der Waals surface area (Å²) < 4.78 is 48.7. The van der Waals surface area contributed by atoms with Gasteiger partial charge in [0.1, 0.15) is 22.4 Å². The monoisotopic (exact) mass is 391 g/mol. The highest BCUT2D eigenvalue weighted by atomic mass is 32.2. The van der Waals surface area contributed by atoms with Gasteiger partial charge in [0.05, 0.1) is 6.61 Å². The predicted molar refractivity (Wildman–Crippen MR) is 103 cm³/mol. The van der Waals surface area contributed by atoms with Gasteiger partial charge in [-0.1, -0.05) is 26.8 Å². The summed E-state index contributed by atoms with van der Waals surface area (Å²) in [5.74, 6) is -1.30. The first-order valence-corrected chi connectivity index (χ1v) is 12.5. The van der Waals surface area contributed by atoms with Crippen molar-refractivity contribution in [3.05, 3.63) is 35.4 Å². The Hall–Kier alpha value is -0.473. The first-order chi connectivity index (χ1) is 11.1. The maximum atomic E-state index is 14.3. The largest absolute Gasteiger partial charge is 0.598 e. The van der Waals surface area contributed by atoms with Gasteiger partial charge in [0, 0.05) is 23.0 Å². The van der Waals surface area contributed by atoms with E-state index in [0.29, 0.717) is 0 Å². The molecule has 0 aromatic heterocycles. The molecule has 0 amide bonds. The number of rotatable bonds is 6. The minimum absolute atomic E-state index is 0.00205. The highest BCUT2D eigenvalue weighted by Crippen LogP contribution is 2.37. The van der Waals surface area contributed by atoms with Crippen LogP contribution in [0.1, 0.15) is 53.1 Å². The molecule has 25 heavy (non-hydrogen) atoms. The molecule has 0 saturated carbocycles. The van der Waals surface area contributed by atoms with Gasteiger partial charge >= 0.3 is 0 Å². The maximum Gasteiger partial charge on any atom is 0.192 e. The highest BCUT2D eigenvalue weighted by Gasteiger charge is 2.39. The van der Waals surface area contributed by atoms with Crippen LogP contribution in [0.15, 0.2) is 18.2 Å². The molecule has 3 nitrogen and oxygen atoms in total. The van der Waals surface area contributed by atoms with Crippen molar-refractivity contribution in [2.75, 3.05) is 6.61 Å². The molecule has 1 N–H and O–H groups in total. The average molecular weight is 392 g/mol. The van der Waals surface area contributed by atoms with Crippen LogP contribution >= 0.6 is 0 Å². The van der Waals surface area contributed by atoms with Gasteiger partial charge in [-0.2, -0.15) is 0 Å². The van der Waals surface area contributed by atoms with Gasteiger partial charge < -0.3 is 8.98 Å². The zero-order valence-electron chi connectivity index (χ0n) is 16.5. The van der Waals surface area contributed by atoms with E-state index in [9.17, 15) is 13.3 Å². The number of halogens is 2. The van der Waals surface area contributed by atoms with Crippen molar-refractivity contribution in [3.63, 3.8) is 0 Å². The molecular formula is C18H31F2NO2SSi. The van der Waals surface area contributed by atoms with Crippen LogP contribution in [0, 0.1) is 11.6 Å². The molecule has 0 aliphatic heterocycles. The second-order valence-corrected chi connectivity index (χ2v) is 15.6. The Bertz CT molecular complexity index is 585. The van der Waals surface area contributed by atoms with Crippen molar-refractivity contribution in [2.45, 2.75) is 70.5 Å². The van der Waals surface area contributed by atoms with Crippen LogP contribution in [0.3, 0.4) is 0 Å². The van der Waals surface area contributed by atoms with Gasteiger partial charge in [0.2, 0.25) is 0 Å². The third-order valence-corrected chi connectivity index (χ3v) is 10.7. The lowest BCUT2D eigenvalue weighted by Crippen LogP contribution is -2.46. The van der Waals surface area contributed by atoms with Gasteiger partial charge in [0.15, 0.2) is 8.32 Å².